The molecule has 0 saturated carbocycles. The summed E-state index contributed by atoms with van der Waals surface area (Å²) in [5, 5.41) is 8.67. The summed E-state index contributed by atoms with van der Waals surface area (Å²) in [6, 6.07) is 6.26. The SMILES string of the molecule is Cc1ccc2c(c1)C(C)CC(CNO)O2. The highest BCUT2D eigenvalue weighted by Crippen LogP contribution is 2.36. The Morgan fingerprint density at radius 1 is 1.53 bits per heavy atom. The molecule has 15 heavy (non-hydrogen) atoms. The van der Waals surface area contributed by atoms with Gasteiger partial charge in [-0.2, -0.15) is 0 Å². The van der Waals surface area contributed by atoms with Gasteiger partial charge in [0.2, 0.25) is 0 Å². The molecule has 0 fully saturated rings. The molecule has 2 atom stereocenters. The molecule has 0 bridgehead atoms. The van der Waals surface area contributed by atoms with Crippen LogP contribution < -0.4 is 10.2 Å². The van der Waals surface area contributed by atoms with Crippen LogP contribution in [0.4, 0.5) is 0 Å². The molecule has 0 aromatic heterocycles. The number of rotatable bonds is 2. The fraction of sp³-hybridized carbons (Fsp3) is 0.500. The predicted molar refractivity (Wildman–Crippen MR) is 58.4 cm³/mol. The van der Waals surface area contributed by atoms with Gasteiger partial charge in [-0.25, -0.2) is 5.48 Å². The van der Waals surface area contributed by atoms with Crippen molar-refractivity contribution < 1.29 is 9.94 Å². The molecule has 0 radical (unpaired) electrons. The average molecular weight is 207 g/mol. The fourth-order valence-corrected chi connectivity index (χ4v) is 2.14. The van der Waals surface area contributed by atoms with Gasteiger partial charge in [0.15, 0.2) is 0 Å². The summed E-state index contributed by atoms with van der Waals surface area (Å²) in [5.41, 5.74) is 4.72. The summed E-state index contributed by atoms with van der Waals surface area (Å²) in [5.74, 6) is 1.45. The van der Waals surface area contributed by atoms with Gasteiger partial charge in [0.25, 0.3) is 0 Å². The maximum atomic E-state index is 8.67. The second-order valence-electron chi connectivity index (χ2n) is 4.28. The number of hydroxylamine groups is 1. The lowest BCUT2D eigenvalue weighted by Crippen LogP contribution is -2.33. The van der Waals surface area contributed by atoms with E-state index >= 15 is 0 Å². The van der Waals surface area contributed by atoms with E-state index in [0.717, 1.165) is 12.2 Å². The van der Waals surface area contributed by atoms with E-state index in [-0.39, 0.29) is 6.10 Å². The van der Waals surface area contributed by atoms with E-state index in [1.807, 2.05) is 6.07 Å². The number of fused-ring (bicyclic) bond motifs is 1. The van der Waals surface area contributed by atoms with Gasteiger partial charge in [-0.15, -0.1) is 0 Å². The van der Waals surface area contributed by atoms with Crippen molar-refractivity contribution in [3.63, 3.8) is 0 Å². The Labute approximate surface area is 90.0 Å². The summed E-state index contributed by atoms with van der Waals surface area (Å²) in [7, 11) is 0. The van der Waals surface area contributed by atoms with Crippen molar-refractivity contribution in [2.24, 2.45) is 0 Å². The second-order valence-corrected chi connectivity index (χ2v) is 4.28. The predicted octanol–water partition coefficient (Wildman–Crippen LogP) is 2.23. The molecule has 3 heteroatoms. The van der Waals surface area contributed by atoms with Crippen molar-refractivity contribution in [1.82, 2.24) is 5.48 Å². The molecule has 0 spiro atoms. The van der Waals surface area contributed by atoms with Gasteiger partial charge in [-0.1, -0.05) is 24.6 Å². The molecule has 0 saturated heterocycles. The third-order valence-corrected chi connectivity index (χ3v) is 2.93. The molecule has 1 heterocycles. The fourth-order valence-electron chi connectivity index (χ4n) is 2.14. The Morgan fingerprint density at radius 2 is 2.33 bits per heavy atom. The monoisotopic (exact) mass is 207 g/mol. The van der Waals surface area contributed by atoms with Crippen LogP contribution in [0.1, 0.15) is 30.4 Å². The maximum absolute atomic E-state index is 8.67. The highest BCUT2D eigenvalue weighted by molar-refractivity contribution is 5.40. The van der Waals surface area contributed by atoms with Crippen LogP contribution in [0.5, 0.6) is 5.75 Å². The molecule has 0 amide bonds. The quantitative estimate of drug-likeness (QED) is 0.731. The van der Waals surface area contributed by atoms with Gasteiger partial charge in [-0.3, -0.25) is 0 Å². The zero-order valence-corrected chi connectivity index (χ0v) is 9.16. The van der Waals surface area contributed by atoms with Crippen LogP contribution in [0.2, 0.25) is 0 Å². The highest BCUT2D eigenvalue weighted by Gasteiger charge is 2.24. The van der Waals surface area contributed by atoms with E-state index in [1.54, 1.807) is 0 Å². The molecule has 2 unspecified atom stereocenters. The van der Waals surface area contributed by atoms with Crippen molar-refractivity contribution in [2.45, 2.75) is 32.3 Å². The lowest BCUT2D eigenvalue weighted by Gasteiger charge is -2.30. The lowest BCUT2D eigenvalue weighted by atomic mass is 9.90. The molecule has 1 aliphatic rings. The summed E-state index contributed by atoms with van der Waals surface area (Å²) < 4.78 is 5.78. The number of benzene rings is 1. The normalized spacial score (nSPS) is 24.5. The third-order valence-electron chi connectivity index (χ3n) is 2.93. The summed E-state index contributed by atoms with van der Waals surface area (Å²) in [6.07, 6.45) is 1.02. The number of hydrogen-bond acceptors (Lipinski definition) is 3. The van der Waals surface area contributed by atoms with E-state index in [9.17, 15) is 0 Å². The second kappa shape index (κ2) is 4.21. The first-order valence-corrected chi connectivity index (χ1v) is 5.35. The third kappa shape index (κ3) is 2.13. The first kappa shape index (κ1) is 10.5. The van der Waals surface area contributed by atoms with Crippen LogP contribution in [-0.4, -0.2) is 17.9 Å². The lowest BCUT2D eigenvalue weighted by molar-refractivity contribution is 0.0885. The Morgan fingerprint density at radius 3 is 3.07 bits per heavy atom. The van der Waals surface area contributed by atoms with Crippen LogP contribution >= 0.6 is 0 Å². The highest BCUT2D eigenvalue weighted by atomic mass is 16.5. The number of hydrogen-bond donors (Lipinski definition) is 2. The Bertz CT molecular complexity index is 351. The average Bonchev–Trinajstić information content (AvgIpc) is 2.20. The molecule has 82 valence electrons. The molecular weight excluding hydrogens is 190 g/mol. The van der Waals surface area contributed by atoms with Crippen LogP contribution in [0, 0.1) is 6.92 Å². The Hall–Kier alpha value is -1.06. The summed E-state index contributed by atoms with van der Waals surface area (Å²) in [4.78, 5) is 0. The molecule has 1 aliphatic heterocycles. The summed E-state index contributed by atoms with van der Waals surface area (Å²) >= 11 is 0. The number of aryl methyl sites for hydroxylation is 1. The van der Waals surface area contributed by atoms with E-state index in [0.29, 0.717) is 12.5 Å². The van der Waals surface area contributed by atoms with Crippen molar-refractivity contribution in [2.75, 3.05) is 6.54 Å². The molecule has 3 nitrogen and oxygen atoms in total. The molecule has 2 N–H and O–H groups in total. The number of ether oxygens (including phenoxy) is 1. The summed E-state index contributed by atoms with van der Waals surface area (Å²) in [6.45, 7) is 4.77. The van der Waals surface area contributed by atoms with Gasteiger partial charge >= 0.3 is 0 Å². The van der Waals surface area contributed by atoms with Crippen molar-refractivity contribution in [1.29, 1.82) is 0 Å². The zero-order chi connectivity index (χ0) is 10.8. The standard InChI is InChI=1S/C12H17NO2/c1-8-3-4-12-11(5-8)9(2)6-10(15-12)7-13-14/h3-5,9-10,13-14H,6-7H2,1-2H3. The minimum atomic E-state index is 0.0696. The van der Waals surface area contributed by atoms with Crippen LogP contribution in [0.15, 0.2) is 18.2 Å². The van der Waals surface area contributed by atoms with E-state index in [1.165, 1.54) is 11.1 Å². The molecule has 1 aromatic carbocycles. The minimum Gasteiger partial charge on any atom is -0.489 e. The van der Waals surface area contributed by atoms with Crippen molar-refractivity contribution in [3.05, 3.63) is 29.3 Å². The van der Waals surface area contributed by atoms with Crippen LogP contribution in [0.25, 0.3) is 0 Å². The van der Waals surface area contributed by atoms with Crippen molar-refractivity contribution in [3.8, 4) is 5.75 Å². The molecule has 0 aliphatic carbocycles. The van der Waals surface area contributed by atoms with E-state index in [2.05, 4.69) is 31.5 Å². The topological polar surface area (TPSA) is 41.5 Å². The van der Waals surface area contributed by atoms with Gasteiger partial charge in [0.1, 0.15) is 11.9 Å². The van der Waals surface area contributed by atoms with Crippen LogP contribution in [-0.2, 0) is 0 Å². The maximum Gasteiger partial charge on any atom is 0.123 e. The Balaban J connectivity index is 2.24. The van der Waals surface area contributed by atoms with Gasteiger partial charge < -0.3 is 9.94 Å². The van der Waals surface area contributed by atoms with E-state index in [4.69, 9.17) is 9.94 Å². The van der Waals surface area contributed by atoms with Gasteiger partial charge in [0, 0.05) is 0 Å². The van der Waals surface area contributed by atoms with E-state index < -0.39 is 0 Å². The van der Waals surface area contributed by atoms with Gasteiger partial charge in [-0.05, 0) is 30.9 Å². The Kier molecular flexibility index (Phi) is 2.93. The molecular formula is C12H17NO2. The smallest absolute Gasteiger partial charge is 0.123 e. The van der Waals surface area contributed by atoms with Crippen molar-refractivity contribution >= 4 is 0 Å². The van der Waals surface area contributed by atoms with Gasteiger partial charge in [0.05, 0.1) is 6.54 Å². The first-order chi connectivity index (χ1) is 7.20. The zero-order valence-electron chi connectivity index (χ0n) is 9.16. The molecule has 2 rings (SSSR count). The molecule has 1 aromatic rings. The minimum absolute atomic E-state index is 0.0696. The van der Waals surface area contributed by atoms with Crippen LogP contribution in [0.3, 0.4) is 0 Å². The first-order valence-electron chi connectivity index (χ1n) is 5.35. The largest absolute Gasteiger partial charge is 0.489 e. The number of nitrogens with one attached hydrogen (secondary N) is 1.